The number of ether oxygens (including phenoxy) is 2. The third kappa shape index (κ3) is 6.47. The van der Waals surface area contributed by atoms with Crippen LogP contribution in [0.5, 0.6) is 11.5 Å². The number of carbonyl (C=O) groups excluding carboxylic acids is 1. The van der Waals surface area contributed by atoms with Gasteiger partial charge in [-0.05, 0) is 48.0 Å². The van der Waals surface area contributed by atoms with Crippen molar-refractivity contribution in [3.63, 3.8) is 0 Å². The zero-order valence-electron chi connectivity index (χ0n) is 18.3. The van der Waals surface area contributed by atoms with Crippen molar-refractivity contribution < 1.29 is 22.7 Å². The standard InChI is InChI=1S/C24H25ClN2O5S/c1-3-27(33(29,30)21-13-14-23(31-2)22(25)15-21)16-24(28)26-19-9-11-20(12-10-19)32-17-18-7-5-4-6-8-18/h4-15H,3,16-17H2,1-2H3,(H,26,28). The molecule has 7 nitrogen and oxygen atoms in total. The number of anilines is 1. The molecule has 1 amide bonds. The van der Waals surface area contributed by atoms with Crippen LogP contribution in [0.15, 0.2) is 77.7 Å². The van der Waals surface area contributed by atoms with Crippen LogP contribution in [-0.2, 0) is 21.4 Å². The first-order valence-electron chi connectivity index (χ1n) is 10.2. The fraction of sp³-hybridized carbons (Fsp3) is 0.208. The van der Waals surface area contributed by atoms with E-state index in [0.717, 1.165) is 9.87 Å². The monoisotopic (exact) mass is 488 g/mol. The van der Waals surface area contributed by atoms with Crippen molar-refractivity contribution in [2.75, 3.05) is 25.5 Å². The molecular formula is C24H25ClN2O5S. The summed E-state index contributed by atoms with van der Waals surface area (Å²) >= 11 is 6.07. The second-order valence-electron chi connectivity index (χ2n) is 7.07. The molecule has 0 saturated heterocycles. The van der Waals surface area contributed by atoms with Gasteiger partial charge in [0.1, 0.15) is 18.1 Å². The number of benzene rings is 3. The molecule has 9 heteroatoms. The summed E-state index contributed by atoms with van der Waals surface area (Å²) in [5.74, 6) is 0.566. The fourth-order valence-electron chi connectivity index (χ4n) is 3.06. The van der Waals surface area contributed by atoms with Gasteiger partial charge in [0.25, 0.3) is 0 Å². The Bertz CT molecular complexity index is 1190. The smallest absolute Gasteiger partial charge is 0.243 e. The minimum Gasteiger partial charge on any atom is -0.495 e. The second-order valence-corrected chi connectivity index (χ2v) is 9.42. The number of nitrogens with zero attached hydrogens (tertiary/aromatic N) is 1. The van der Waals surface area contributed by atoms with Gasteiger partial charge in [0, 0.05) is 12.2 Å². The van der Waals surface area contributed by atoms with Crippen molar-refractivity contribution in [3.8, 4) is 11.5 Å². The Hall–Kier alpha value is -3.07. The molecule has 0 aromatic heterocycles. The van der Waals surface area contributed by atoms with E-state index in [-0.39, 0.29) is 23.0 Å². The van der Waals surface area contributed by atoms with Gasteiger partial charge in [-0.25, -0.2) is 8.42 Å². The first kappa shape index (κ1) is 24.6. The minimum absolute atomic E-state index is 0.0112. The van der Waals surface area contributed by atoms with E-state index in [4.69, 9.17) is 21.1 Å². The highest BCUT2D eigenvalue weighted by Gasteiger charge is 2.26. The number of likely N-dealkylation sites (N-methyl/N-ethyl adjacent to an activating group) is 1. The molecule has 0 spiro atoms. The number of hydrogen-bond acceptors (Lipinski definition) is 5. The molecular weight excluding hydrogens is 464 g/mol. The van der Waals surface area contributed by atoms with Crippen LogP contribution in [0.4, 0.5) is 5.69 Å². The molecule has 3 aromatic rings. The van der Waals surface area contributed by atoms with Crippen molar-refractivity contribution in [2.24, 2.45) is 0 Å². The zero-order valence-corrected chi connectivity index (χ0v) is 19.9. The molecule has 3 rings (SSSR count). The zero-order chi connectivity index (χ0) is 23.8. The summed E-state index contributed by atoms with van der Waals surface area (Å²) in [7, 11) is -2.47. The van der Waals surface area contributed by atoms with Gasteiger partial charge in [-0.2, -0.15) is 4.31 Å². The molecule has 0 atom stereocenters. The largest absolute Gasteiger partial charge is 0.495 e. The van der Waals surface area contributed by atoms with Crippen molar-refractivity contribution in [1.82, 2.24) is 4.31 Å². The Labute approximate surface area is 198 Å². The number of hydrogen-bond donors (Lipinski definition) is 1. The number of sulfonamides is 1. The molecule has 33 heavy (non-hydrogen) atoms. The number of halogens is 1. The third-order valence-electron chi connectivity index (χ3n) is 4.82. The molecule has 174 valence electrons. The van der Waals surface area contributed by atoms with Gasteiger partial charge in [0.2, 0.25) is 15.9 Å². The van der Waals surface area contributed by atoms with Gasteiger partial charge >= 0.3 is 0 Å². The van der Waals surface area contributed by atoms with Crippen molar-refractivity contribution in [1.29, 1.82) is 0 Å². The highest BCUT2D eigenvalue weighted by atomic mass is 35.5. The van der Waals surface area contributed by atoms with E-state index < -0.39 is 15.9 Å². The van der Waals surface area contributed by atoms with Gasteiger partial charge in [0.05, 0.1) is 23.6 Å². The Morgan fingerprint density at radius 3 is 2.33 bits per heavy atom. The maximum absolute atomic E-state index is 13.0. The van der Waals surface area contributed by atoms with E-state index in [2.05, 4.69) is 5.32 Å². The lowest BCUT2D eigenvalue weighted by Crippen LogP contribution is -2.37. The molecule has 1 N–H and O–H groups in total. The summed E-state index contributed by atoms with van der Waals surface area (Å²) in [6, 6.07) is 20.9. The van der Waals surface area contributed by atoms with Gasteiger partial charge in [0.15, 0.2) is 0 Å². The fourth-order valence-corrected chi connectivity index (χ4v) is 4.81. The lowest BCUT2D eigenvalue weighted by atomic mass is 10.2. The number of rotatable bonds is 10. The van der Waals surface area contributed by atoms with E-state index in [9.17, 15) is 13.2 Å². The number of nitrogens with one attached hydrogen (secondary N) is 1. The quantitative estimate of drug-likeness (QED) is 0.451. The molecule has 0 heterocycles. The molecule has 0 unspecified atom stereocenters. The predicted molar refractivity (Wildman–Crippen MR) is 128 cm³/mol. The van der Waals surface area contributed by atoms with Crippen LogP contribution in [-0.4, -0.2) is 38.8 Å². The lowest BCUT2D eigenvalue weighted by Gasteiger charge is -2.20. The lowest BCUT2D eigenvalue weighted by molar-refractivity contribution is -0.116. The molecule has 0 bridgehead atoms. The molecule has 0 aliphatic carbocycles. The second kappa shape index (κ2) is 11.2. The number of carbonyl (C=O) groups is 1. The van der Waals surface area contributed by atoms with Crippen LogP contribution in [0, 0.1) is 0 Å². The molecule has 0 aliphatic rings. The van der Waals surface area contributed by atoms with Gasteiger partial charge in [-0.1, -0.05) is 48.9 Å². The van der Waals surface area contributed by atoms with Crippen molar-refractivity contribution in [3.05, 3.63) is 83.4 Å². The molecule has 0 aliphatic heterocycles. The normalized spacial score (nSPS) is 11.3. The average Bonchev–Trinajstić information content (AvgIpc) is 2.82. The summed E-state index contributed by atoms with van der Waals surface area (Å²) in [5, 5.41) is 2.89. The maximum atomic E-state index is 13.0. The minimum atomic E-state index is -3.91. The SMILES string of the molecule is CCN(CC(=O)Nc1ccc(OCc2ccccc2)cc1)S(=O)(=O)c1ccc(OC)c(Cl)c1. The Morgan fingerprint density at radius 2 is 1.73 bits per heavy atom. The van der Waals surface area contributed by atoms with Crippen LogP contribution in [0.1, 0.15) is 12.5 Å². The van der Waals surface area contributed by atoms with Gasteiger partial charge in [-0.3, -0.25) is 4.79 Å². The summed E-state index contributed by atoms with van der Waals surface area (Å²) < 4.78 is 37.8. The van der Waals surface area contributed by atoms with E-state index in [1.54, 1.807) is 31.2 Å². The van der Waals surface area contributed by atoms with Crippen LogP contribution in [0.2, 0.25) is 5.02 Å². The third-order valence-corrected chi connectivity index (χ3v) is 7.03. The Kier molecular flexibility index (Phi) is 8.32. The Morgan fingerprint density at radius 1 is 1.03 bits per heavy atom. The summed E-state index contributed by atoms with van der Waals surface area (Å²) in [6.07, 6.45) is 0. The first-order valence-corrected chi connectivity index (χ1v) is 12.1. The van der Waals surface area contributed by atoms with Crippen LogP contribution in [0.3, 0.4) is 0 Å². The molecule has 3 aromatic carbocycles. The Balaban J connectivity index is 1.60. The van der Waals surface area contributed by atoms with E-state index in [0.29, 0.717) is 23.8 Å². The van der Waals surface area contributed by atoms with Crippen molar-refractivity contribution in [2.45, 2.75) is 18.4 Å². The number of amides is 1. The molecule has 0 fully saturated rings. The average molecular weight is 489 g/mol. The van der Waals surface area contributed by atoms with Crippen LogP contribution >= 0.6 is 11.6 Å². The number of methoxy groups -OCH3 is 1. The highest BCUT2D eigenvalue weighted by Crippen LogP contribution is 2.28. The molecule has 0 saturated carbocycles. The topological polar surface area (TPSA) is 84.9 Å². The van der Waals surface area contributed by atoms with Gasteiger partial charge < -0.3 is 14.8 Å². The van der Waals surface area contributed by atoms with E-state index >= 15 is 0 Å². The summed E-state index contributed by atoms with van der Waals surface area (Å²) in [5.41, 5.74) is 1.59. The summed E-state index contributed by atoms with van der Waals surface area (Å²) in [4.78, 5) is 12.5. The van der Waals surface area contributed by atoms with Crippen LogP contribution in [0.25, 0.3) is 0 Å². The van der Waals surface area contributed by atoms with E-state index in [1.807, 2.05) is 30.3 Å². The van der Waals surface area contributed by atoms with Crippen LogP contribution < -0.4 is 14.8 Å². The van der Waals surface area contributed by atoms with Gasteiger partial charge in [-0.15, -0.1) is 0 Å². The van der Waals surface area contributed by atoms with E-state index in [1.165, 1.54) is 25.3 Å². The maximum Gasteiger partial charge on any atom is 0.243 e. The molecule has 0 radical (unpaired) electrons. The summed E-state index contributed by atoms with van der Waals surface area (Å²) in [6.45, 7) is 1.88. The van der Waals surface area contributed by atoms with Crippen molar-refractivity contribution >= 4 is 33.2 Å². The predicted octanol–water partition coefficient (Wildman–Crippen LogP) is 4.58. The highest BCUT2D eigenvalue weighted by molar-refractivity contribution is 7.89. The first-order chi connectivity index (χ1) is 15.8.